The summed E-state index contributed by atoms with van der Waals surface area (Å²) in [6.07, 6.45) is 7.07. The Morgan fingerprint density at radius 3 is 1.60 bits per heavy atom. The van der Waals surface area contributed by atoms with Crippen LogP contribution < -0.4 is 87.4 Å². The number of furan rings is 1. The standard InChI is InChI=1S/C53H19B18N3O/c1-3-8-16(9-4-2)47-51-48(73-52(72-47)17-10-6-5-7-11-17)19-14-18(12-13-21(19)75-51)53(74-49-27(35(60)41(66)43(68)45(49)70)28-36(61)42(67)44(69)46(71)50(28)74)15-20(54)30(55)25-23-22(31(56)37(62)38(63)32(23)57)24-26(29(25)53)34(59)40(65)39(64)33(24)58/h3-14H,1,15H2,2H3/b9-4-,16-8+. The molecule has 0 aliphatic heterocycles. The number of rotatable bonds is 6. The summed E-state index contributed by atoms with van der Waals surface area (Å²) in [7, 11) is 126. The number of aromatic nitrogens is 3. The molecular weight excluding hydrogens is 889 g/mol. The van der Waals surface area contributed by atoms with Gasteiger partial charge in [0.25, 0.3) is 0 Å². The third kappa shape index (κ3) is 6.81. The van der Waals surface area contributed by atoms with Gasteiger partial charge in [-0.15, -0.1) is 49.2 Å². The molecule has 0 saturated carbocycles. The molecule has 22 heteroatoms. The first kappa shape index (κ1) is 51.0. The maximum atomic E-state index is 7.39. The van der Waals surface area contributed by atoms with Gasteiger partial charge in [0.2, 0.25) is 0 Å². The van der Waals surface area contributed by atoms with Crippen LogP contribution in [0, 0.1) is 0 Å². The van der Waals surface area contributed by atoms with Gasteiger partial charge in [-0.3, -0.25) is 0 Å². The molecule has 306 valence electrons. The summed E-state index contributed by atoms with van der Waals surface area (Å²) in [5, 5.41) is 1.75. The Hall–Kier alpha value is -6.13. The Kier molecular flexibility index (Phi) is 12.2. The molecular formula is C53H19B18N3O. The minimum atomic E-state index is -1.86. The average Bonchev–Trinajstić information content (AvgIpc) is 4.07. The van der Waals surface area contributed by atoms with Crippen LogP contribution in [-0.2, 0) is 5.54 Å². The van der Waals surface area contributed by atoms with E-state index >= 15 is 0 Å². The number of fused-ring (bicyclic) bond motifs is 12. The van der Waals surface area contributed by atoms with E-state index in [4.69, 9.17) is 156 Å². The van der Waals surface area contributed by atoms with Crippen LogP contribution in [0.5, 0.6) is 0 Å². The van der Waals surface area contributed by atoms with Crippen molar-refractivity contribution in [2.24, 2.45) is 0 Å². The van der Waals surface area contributed by atoms with Gasteiger partial charge in [0.05, 0.1) is 5.54 Å². The zero-order chi connectivity index (χ0) is 53.8. The highest BCUT2D eigenvalue weighted by molar-refractivity contribution is 6.74. The van der Waals surface area contributed by atoms with Gasteiger partial charge in [0.1, 0.15) is 158 Å². The topological polar surface area (TPSA) is 43.9 Å². The molecule has 3 heterocycles. The van der Waals surface area contributed by atoms with Gasteiger partial charge in [-0.1, -0.05) is 116 Å². The van der Waals surface area contributed by atoms with Gasteiger partial charge in [0.15, 0.2) is 11.4 Å². The van der Waals surface area contributed by atoms with Crippen molar-refractivity contribution in [2.75, 3.05) is 0 Å². The van der Waals surface area contributed by atoms with Gasteiger partial charge in [0, 0.05) is 27.6 Å². The second-order valence-electron chi connectivity index (χ2n) is 18.7. The maximum absolute atomic E-state index is 7.39. The molecule has 0 N–H and O–H groups in total. The van der Waals surface area contributed by atoms with E-state index in [0.717, 1.165) is 5.56 Å². The molecule has 11 rings (SSSR count). The molecule has 0 amide bonds. The van der Waals surface area contributed by atoms with Crippen molar-refractivity contribution in [3.63, 3.8) is 0 Å². The second-order valence-corrected chi connectivity index (χ2v) is 18.7. The highest BCUT2D eigenvalue weighted by Gasteiger charge is 2.47. The normalized spacial score (nSPS) is 15.2. The first-order valence-corrected chi connectivity index (χ1v) is 23.3. The Morgan fingerprint density at radius 2 is 1.07 bits per heavy atom. The lowest BCUT2D eigenvalue weighted by Crippen LogP contribution is -2.53. The molecule has 1 aliphatic rings. The SMILES string of the molecule is [B]C1=C([B])c2c(c3c([B])c([B])c([B])c([B])c3c3c([B])c([B])c([B])c([B])c23)C(c2ccc3oc4c(C(/C=C\C)=C/C=C)nc(-c5ccccc5)nc4c3c2)(n2c3c([B])c([B])c([B])c([B])c3c3c([B])c([B])c([B])c([B])c32)C1. The highest BCUT2D eigenvalue weighted by atomic mass is 16.3. The monoisotopic (exact) mass is 911 g/mol. The number of nitrogens with zero attached hydrogens (tertiary/aromatic N) is 3. The van der Waals surface area contributed by atoms with Crippen LogP contribution >= 0.6 is 0 Å². The number of hydrogen-bond acceptors (Lipinski definition) is 3. The second kappa shape index (κ2) is 18.0. The number of allylic oxidation sites excluding steroid dienone is 6. The van der Waals surface area contributed by atoms with E-state index in [1.807, 2.05) is 67.6 Å². The number of benzene rings is 7. The summed E-state index contributed by atoms with van der Waals surface area (Å²) in [6, 6.07) is 15.0. The lowest BCUT2D eigenvalue weighted by Gasteiger charge is -2.47. The fourth-order valence-electron chi connectivity index (χ4n) is 11.2. The smallest absolute Gasteiger partial charge is 0.180 e. The summed E-state index contributed by atoms with van der Waals surface area (Å²) < 4.78 is 8.58. The highest BCUT2D eigenvalue weighted by Crippen LogP contribution is 2.53. The fraction of sp³-hybridized carbons (Fsp3) is 0.0566. The van der Waals surface area contributed by atoms with E-state index in [1.54, 1.807) is 16.7 Å². The molecule has 75 heavy (non-hydrogen) atoms. The van der Waals surface area contributed by atoms with Gasteiger partial charge >= 0.3 is 0 Å². The van der Waals surface area contributed by atoms with E-state index in [0.29, 0.717) is 44.7 Å². The average molecular weight is 908 g/mol. The van der Waals surface area contributed by atoms with Crippen molar-refractivity contribution in [1.82, 2.24) is 14.5 Å². The molecule has 7 aromatic carbocycles. The lowest BCUT2D eigenvalue weighted by atomic mass is 9.54. The van der Waals surface area contributed by atoms with Crippen molar-refractivity contribution in [3.05, 3.63) is 107 Å². The van der Waals surface area contributed by atoms with Crippen molar-refractivity contribution >= 4 is 305 Å². The number of hydrogen-bond donors (Lipinski definition) is 0. The molecule has 1 unspecified atom stereocenters. The first-order valence-electron chi connectivity index (χ1n) is 23.3. The van der Waals surface area contributed by atoms with E-state index in [2.05, 4.69) is 6.58 Å². The van der Waals surface area contributed by atoms with Crippen LogP contribution in [0.4, 0.5) is 0 Å². The predicted molar refractivity (Wildman–Crippen MR) is 334 cm³/mol. The summed E-state index contributed by atoms with van der Waals surface area (Å²) >= 11 is 0. The van der Waals surface area contributed by atoms with Gasteiger partial charge in [-0.2, -0.15) is 0 Å². The van der Waals surface area contributed by atoms with Crippen LogP contribution in [-0.4, -0.2) is 156 Å². The largest absolute Gasteiger partial charge is 0.452 e. The fourth-order valence-corrected chi connectivity index (χ4v) is 11.2. The van der Waals surface area contributed by atoms with Crippen molar-refractivity contribution in [1.29, 1.82) is 0 Å². The van der Waals surface area contributed by atoms with Gasteiger partial charge in [-0.25, -0.2) is 9.97 Å². The minimum Gasteiger partial charge on any atom is -0.452 e. The summed E-state index contributed by atoms with van der Waals surface area (Å²) in [6.45, 7) is 5.87. The summed E-state index contributed by atoms with van der Waals surface area (Å²) in [5.74, 6) is 0.400. The van der Waals surface area contributed by atoms with Crippen molar-refractivity contribution in [2.45, 2.75) is 18.9 Å². The molecule has 3 aromatic heterocycles. The van der Waals surface area contributed by atoms with Crippen LogP contribution in [0.1, 0.15) is 35.7 Å². The summed E-state index contributed by atoms with van der Waals surface area (Å²) in [4.78, 5) is 10.3. The third-order valence-corrected chi connectivity index (χ3v) is 14.9. The minimum absolute atomic E-state index is 0.00666. The van der Waals surface area contributed by atoms with E-state index in [-0.39, 0.29) is 159 Å². The lowest BCUT2D eigenvalue weighted by molar-refractivity contribution is 0.460. The molecule has 10 aromatic rings. The predicted octanol–water partition coefficient (Wildman–Crippen LogP) is -6.50. The molecule has 0 saturated heterocycles. The molecule has 0 fully saturated rings. The molecule has 36 radical (unpaired) electrons. The molecule has 0 spiro atoms. The van der Waals surface area contributed by atoms with Gasteiger partial charge < -0.3 is 8.98 Å². The summed E-state index contributed by atoms with van der Waals surface area (Å²) in [5.41, 5.74) is 2.00. The van der Waals surface area contributed by atoms with E-state index < -0.39 is 5.54 Å². The molecule has 4 nitrogen and oxygen atoms in total. The quantitative estimate of drug-likeness (QED) is 0.0950. The first-order chi connectivity index (χ1) is 35.6. The Labute approximate surface area is 458 Å². The van der Waals surface area contributed by atoms with E-state index in [9.17, 15) is 0 Å². The Balaban J connectivity index is 1.49. The zero-order valence-electron chi connectivity index (χ0n) is 40.5. The maximum Gasteiger partial charge on any atom is 0.180 e. The van der Waals surface area contributed by atoms with Crippen molar-refractivity contribution < 1.29 is 4.42 Å². The van der Waals surface area contributed by atoms with Crippen LogP contribution in [0.25, 0.3) is 87.9 Å². The Bertz CT molecular complexity index is 4330. The van der Waals surface area contributed by atoms with Gasteiger partial charge in [-0.05, 0) is 74.5 Å². The molecule has 0 bridgehead atoms. The van der Waals surface area contributed by atoms with E-state index in [1.165, 1.54) is 0 Å². The van der Waals surface area contributed by atoms with Crippen LogP contribution in [0.15, 0.2) is 89.3 Å². The van der Waals surface area contributed by atoms with Crippen LogP contribution in [0.3, 0.4) is 0 Å². The molecule has 1 aliphatic carbocycles. The van der Waals surface area contributed by atoms with Crippen molar-refractivity contribution in [3.8, 4) is 11.4 Å². The zero-order valence-corrected chi connectivity index (χ0v) is 40.5. The van der Waals surface area contributed by atoms with Crippen LogP contribution in [0.2, 0.25) is 0 Å². The third-order valence-electron chi connectivity index (χ3n) is 14.9. The Morgan fingerprint density at radius 1 is 0.573 bits per heavy atom. The molecule has 1 atom stereocenters.